The van der Waals surface area contributed by atoms with Gasteiger partial charge >= 0.3 is 11.9 Å². The standard InChI is InChI=1S/C11H11NO4/c1-2-9(12-15)11(14)16-10(13)8-6-4-3-5-7-8/h3-7,9H,2H2,1H3. The molecule has 0 saturated heterocycles. The minimum absolute atomic E-state index is 0.213. The quantitative estimate of drug-likeness (QED) is 0.442. The zero-order chi connectivity index (χ0) is 12.0. The molecule has 0 bridgehead atoms. The molecule has 16 heavy (non-hydrogen) atoms. The first-order valence-corrected chi connectivity index (χ1v) is 4.82. The van der Waals surface area contributed by atoms with Gasteiger partial charge in [-0.3, -0.25) is 0 Å². The van der Waals surface area contributed by atoms with Gasteiger partial charge in [-0.1, -0.05) is 30.3 Å². The van der Waals surface area contributed by atoms with Crippen LogP contribution in [0.25, 0.3) is 0 Å². The Labute approximate surface area is 92.4 Å². The summed E-state index contributed by atoms with van der Waals surface area (Å²) in [5.41, 5.74) is 0.261. The fourth-order valence-corrected chi connectivity index (χ4v) is 1.08. The third kappa shape index (κ3) is 2.98. The molecule has 0 aliphatic heterocycles. The van der Waals surface area contributed by atoms with E-state index in [1.807, 2.05) is 0 Å². The largest absolute Gasteiger partial charge is 0.388 e. The average molecular weight is 221 g/mol. The van der Waals surface area contributed by atoms with Crippen molar-refractivity contribution in [1.82, 2.24) is 0 Å². The number of rotatable bonds is 4. The number of nitroso groups, excluding NO2 is 1. The molecule has 5 heteroatoms. The van der Waals surface area contributed by atoms with E-state index in [4.69, 9.17) is 0 Å². The fourth-order valence-electron chi connectivity index (χ4n) is 1.08. The lowest BCUT2D eigenvalue weighted by molar-refractivity contribution is -0.139. The number of carbonyl (C=O) groups excluding carboxylic acids is 2. The van der Waals surface area contributed by atoms with E-state index >= 15 is 0 Å². The lowest BCUT2D eigenvalue weighted by atomic mass is 10.2. The first-order valence-electron chi connectivity index (χ1n) is 4.82. The highest BCUT2D eigenvalue weighted by Gasteiger charge is 2.22. The molecule has 0 N–H and O–H groups in total. The molecular formula is C11H11NO4. The van der Waals surface area contributed by atoms with Gasteiger partial charge in [-0.15, -0.1) is 4.91 Å². The van der Waals surface area contributed by atoms with Crippen LogP contribution in [0.15, 0.2) is 35.5 Å². The van der Waals surface area contributed by atoms with Gasteiger partial charge in [0, 0.05) is 0 Å². The Balaban J connectivity index is 2.65. The summed E-state index contributed by atoms with van der Waals surface area (Å²) in [6.07, 6.45) is 0.213. The molecule has 0 amide bonds. The Morgan fingerprint density at radius 2 is 1.94 bits per heavy atom. The Morgan fingerprint density at radius 3 is 2.44 bits per heavy atom. The maximum atomic E-state index is 11.4. The SMILES string of the molecule is CCC(N=O)C(=O)OC(=O)c1ccccc1. The zero-order valence-electron chi connectivity index (χ0n) is 8.75. The van der Waals surface area contributed by atoms with Gasteiger partial charge in [0.05, 0.1) is 5.56 Å². The molecule has 0 spiro atoms. The molecule has 0 radical (unpaired) electrons. The van der Waals surface area contributed by atoms with Crippen molar-refractivity contribution in [3.63, 3.8) is 0 Å². The van der Waals surface area contributed by atoms with Crippen LogP contribution in [0.4, 0.5) is 0 Å². The molecule has 1 aromatic rings. The summed E-state index contributed by atoms with van der Waals surface area (Å²) in [5, 5.41) is 2.58. The summed E-state index contributed by atoms with van der Waals surface area (Å²) in [7, 11) is 0. The topological polar surface area (TPSA) is 72.8 Å². The number of benzene rings is 1. The molecule has 5 nitrogen and oxygen atoms in total. The van der Waals surface area contributed by atoms with Crippen LogP contribution in [0.1, 0.15) is 23.7 Å². The van der Waals surface area contributed by atoms with Crippen LogP contribution >= 0.6 is 0 Å². The molecule has 0 aliphatic rings. The van der Waals surface area contributed by atoms with E-state index in [1.165, 1.54) is 12.1 Å². The number of esters is 2. The lowest BCUT2D eigenvalue weighted by Crippen LogP contribution is -2.23. The number of carbonyl (C=O) groups is 2. The summed E-state index contributed by atoms with van der Waals surface area (Å²) in [6.45, 7) is 1.61. The van der Waals surface area contributed by atoms with Crippen molar-refractivity contribution in [2.45, 2.75) is 19.4 Å². The van der Waals surface area contributed by atoms with Gasteiger partial charge in [0.15, 0.2) is 6.04 Å². The molecule has 0 aliphatic carbocycles. The molecule has 1 rings (SSSR count). The number of nitrogens with zero attached hydrogens (tertiary/aromatic N) is 1. The van der Waals surface area contributed by atoms with Crippen molar-refractivity contribution >= 4 is 11.9 Å². The van der Waals surface area contributed by atoms with Gasteiger partial charge in [0.25, 0.3) is 0 Å². The maximum absolute atomic E-state index is 11.4. The summed E-state index contributed by atoms with van der Waals surface area (Å²) in [5.74, 6) is -1.68. The number of ether oxygens (including phenoxy) is 1. The minimum Gasteiger partial charge on any atom is -0.388 e. The van der Waals surface area contributed by atoms with Crippen molar-refractivity contribution in [2.75, 3.05) is 0 Å². The zero-order valence-corrected chi connectivity index (χ0v) is 8.75. The van der Waals surface area contributed by atoms with Crippen molar-refractivity contribution in [3.05, 3.63) is 40.8 Å². The van der Waals surface area contributed by atoms with E-state index in [0.29, 0.717) is 0 Å². The second kappa shape index (κ2) is 5.75. The van der Waals surface area contributed by atoms with Gasteiger partial charge in [-0.2, -0.15) is 0 Å². The van der Waals surface area contributed by atoms with Crippen LogP contribution in [0.5, 0.6) is 0 Å². The van der Waals surface area contributed by atoms with Gasteiger partial charge in [-0.25, -0.2) is 9.59 Å². The van der Waals surface area contributed by atoms with Gasteiger partial charge in [0.1, 0.15) is 0 Å². The van der Waals surface area contributed by atoms with Crippen molar-refractivity contribution in [2.24, 2.45) is 5.18 Å². The first kappa shape index (κ1) is 12.0. The van der Waals surface area contributed by atoms with Crippen molar-refractivity contribution < 1.29 is 14.3 Å². The summed E-state index contributed by atoms with van der Waals surface area (Å²) < 4.78 is 4.51. The molecule has 1 unspecified atom stereocenters. The average Bonchev–Trinajstić information content (AvgIpc) is 2.31. The van der Waals surface area contributed by atoms with Crippen LogP contribution in [-0.2, 0) is 9.53 Å². The van der Waals surface area contributed by atoms with Crippen LogP contribution in [-0.4, -0.2) is 18.0 Å². The molecule has 0 heterocycles. The Kier molecular flexibility index (Phi) is 4.32. The van der Waals surface area contributed by atoms with Gasteiger partial charge in [-0.05, 0) is 18.6 Å². The minimum atomic E-state index is -1.12. The Morgan fingerprint density at radius 1 is 1.31 bits per heavy atom. The van der Waals surface area contributed by atoms with Crippen molar-refractivity contribution in [1.29, 1.82) is 0 Å². The molecule has 0 aromatic heterocycles. The maximum Gasteiger partial charge on any atom is 0.345 e. The number of hydrogen-bond acceptors (Lipinski definition) is 5. The second-order valence-electron chi connectivity index (χ2n) is 3.10. The summed E-state index contributed by atoms with van der Waals surface area (Å²) >= 11 is 0. The highest BCUT2D eigenvalue weighted by atomic mass is 16.6. The Bertz CT molecular complexity index is 388. The van der Waals surface area contributed by atoms with Crippen LogP contribution in [0.3, 0.4) is 0 Å². The molecule has 1 atom stereocenters. The molecule has 84 valence electrons. The van der Waals surface area contributed by atoms with E-state index in [0.717, 1.165) is 0 Å². The van der Waals surface area contributed by atoms with Gasteiger partial charge < -0.3 is 4.74 Å². The monoisotopic (exact) mass is 221 g/mol. The predicted octanol–water partition coefficient (Wildman–Crippen LogP) is 1.91. The van der Waals surface area contributed by atoms with E-state index in [1.54, 1.807) is 25.1 Å². The second-order valence-corrected chi connectivity index (χ2v) is 3.10. The first-order chi connectivity index (χ1) is 7.69. The third-order valence-corrected chi connectivity index (χ3v) is 1.99. The predicted molar refractivity (Wildman–Crippen MR) is 56.7 cm³/mol. The van der Waals surface area contributed by atoms with Gasteiger partial charge in [0.2, 0.25) is 0 Å². The Hall–Kier alpha value is -2.04. The summed E-state index contributed by atoms with van der Waals surface area (Å²) in [4.78, 5) is 32.9. The van der Waals surface area contributed by atoms with E-state index < -0.39 is 18.0 Å². The molecular weight excluding hydrogens is 210 g/mol. The van der Waals surface area contributed by atoms with Crippen LogP contribution in [0, 0.1) is 4.91 Å². The van der Waals surface area contributed by atoms with E-state index in [9.17, 15) is 14.5 Å². The normalized spacial score (nSPS) is 11.6. The van der Waals surface area contributed by atoms with E-state index in [-0.39, 0.29) is 12.0 Å². The van der Waals surface area contributed by atoms with E-state index in [2.05, 4.69) is 9.91 Å². The molecule has 0 fully saturated rings. The van der Waals surface area contributed by atoms with Crippen LogP contribution in [0.2, 0.25) is 0 Å². The fraction of sp³-hybridized carbons (Fsp3) is 0.273. The van der Waals surface area contributed by atoms with Crippen molar-refractivity contribution in [3.8, 4) is 0 Å². The number of hydrogen-bond donors (Lipinski definition) is 0. The molecule has 0 saturated carbocycles. The lowest BCUT2D eigenvalue weighted by Gasteiger charge is -2.05. The van der Waals surface area contributed by atoms with Crippen LogP contribution < -0.4 is 0 Å². The highest BCUT2D eigenvalue weighted by Crippen LogP contribution is 2.05. The summed E-state index contributed by atoms with van der Waals surface area (Å²) in [6, 6.07) is 6.95. The smallest absolute Gasteiger partial charge is 0.345 e. The third-order valence-electron chi connectivity index (χ3n) is 1.99. The highest BCUT2D eigenvalue weighted by molar-refractivity contribution is 5.98. The molecule has 1 aromatic carbocycles.